The van der Waals surface area contributed by atoms with E-state index in [2.05, 4.69) is 9.97 Å². The number of halogens is 1. The normalized spacial score (nSPS) is 12.2. The Labute approximate surface area is 166 Å². The van der Waals surface area contributed by atoms with Crippen LogP contribution < -0.4 is 11.3 Å². The second-order valence-electron chi connectivity index (χ2n) is 6.54. The lowest BCUT2D eigenvalue weighted by Crippen LogP contribution is -2.28. The summed E-state index contributed by atoms with van der Waals surface area (Å²) in [5.74, 6) is 0. The van der Waals surface area contributed by atoms with Crippen molar-refractivity contribution in [1.29, 1.82) is 0 Å². The maximum Gasteiger partial charge on any atom is 0.261 e. The second-order valence-corrected chi connectivity index (χ2v) is 6.98. The zero-order valence-electron chi connectivity index (χ0n) is 15.2. The third-order valence-corrected chi connectivity index (χ3v) is 4.91. The van der Waals surface area contributed by atoms with Gasteiger partial charge in [-0.2, -0.15) is 0 Å². The monoisotopic (exact) mass is 391 g/mol. The predicted molar refractivity (Wildman–Crippen MR) is 111 cm³/mol. The number of pyridine rings is 2. The minimum atomic E-state index is -0.154. The first-order chi connectivity index (χ1) is 13.6. The Morgan fingerprint density at radius 1 is 1.18 bits per heavy atom. The Morgan fingerprint density at radius 2 is 1.96 bits per heavy atom. The van der Waals surface area contributed by atoms with Crippen LogP contribution in [0.1, 0.15) is 13.0 Å². The van der Waals surface area contributed by atoms with E-state index in [0.29, 0.717) is 33.9 Å². The van der Waals surface area contributed by atoms with Gasteiger partial charge in [0.05, 0.1) is 23.1 Å². The first kappa shape index (κ1) is 18.3. The first-order valence-corrected chi connectivity index (χ1v) is 9.24. The highest BCUT2D eigenvalue weighted by molar-refractivity contribution is 6.30. The molecule has 4 aromatic rings. The molecule has 3 aromatic heterocycles. The summed E-state index contributed by atoms with van der Waals surface area (Å²) >= 11 is 6.01. The van der Waals surface area contributed by atoms with Crippen molar-refractivity contribution in [3.63, 3.8) is 0 Å². The van der Waals surface area contributed by atoms with Crippen LogP contribution in [0.25, 0.3) is 33.4 Å². The molecule has 6 nitrogen and oxygen atoms in total. The number of rotatable bonds is 4. The second kappa shape index (κ2) is 7.50. The van der Waals surface area contributed by atoms with Crippen molar-refractivity contribution >= 4 is 22.5 Å². The minimum Gasteiger partial charge on any atom is -0.328 e. The summed E-state index contributed by atoms with van der Waals surface area (Å²) in [6, 6.07) is 12.7. The van der Waals surface area contributed by atoms with Crippen LogP contribution in [0.5, 0.6) is 0 Å². The van der Waals surface area contributed by atoms with Gasteiger partial charge in [-0.1, -0.05) is 23.7 Å². The fraction of sp³-hybridized carbons (Fsp3) is 0.143. The number of benzene rings is 1. The predicted octanol–water partition coefficient (Wildman–Crippen LogP) is 3.69. The third-order valence-electron chi connectivity index (χ3n) is 4.66. The molecular weight excluding hydrogens is 374 g/mol. The van der Waals surface area contributed by atoms with Crippen LogP contribution >= 0.6 is 11.6 Å². The standard InChI is InChI=1S/C21H18ClN5O/c1-13(10-23)27-12-25-20-17(21(27)28)9-18(14-4-6-16(22)7-5-14)26-19(20)15-3-2-8-24-11-15/h2-9,11-13H,10,23H2,1H3. The summed E-state index contributed by atoms with van der Waals surface area (Å²) in [7, 11) is 0. The molecule has 0 saturated carbocycles. The van der Waals surface area contributed by atoms with E-state index in [4.69, 9.17) is 22.3 Å². The molecule has 0 amide bonds. The molecule has 28 heavy (non-hydrogen) atoms. The largest absolute Gasteiger partial charge is 0.328 e. The van der Waals surface area contributed by atoms with E-state index in [1.54, 1.807) is 35.2 Å². The summed E-state index contributed by atoms with van der Waals surface area (Å²) in [4.78, 5) is 26.7. The smallest absolute Gasteiger partial charge is 0.261 e. The van der Waals surface area contributed by atoms with Crippen LogP contribution in [0.4, 0.5) is 0 Å². The van der Waals surface area contributed by atoms with Crippen LogP contribution in [0.15, 0.2) is 66.0 Å². The van der Waals surface area contributed by atoms with Gasteiger partial charge in [0.1, 0.15) is 5.52 Å². The highest BCUT2D eigenvalue weighted by Gasteiger charge is 2.16. The van der Waals surface area contributed by atoms with E-state index in [1.165, 1.54) is 6.33 Å². The Hall–Kier alpha value is -3.09. The van der Waals surface area contributed by atoms with Crippen LogP contribution in [-0.2, 0) is 0 Å². The summed E-state index contributed by atoms with van der Waals surface area (Å²) in [6.07, 6.45) is 4.94. The van der Waals surface area contributed by atoms with Gasteiger partial charge in [-0.15, -0.1) is 0 Å². The summed E-state index contributed by atoms with van der Waals surface area (Å²) in [5.41, 5.74) is 9.07. The SMILES string of the molecule is CC(CN)n1cnc2c(-c3cccnc3)nc(-c3ccc(Cl)cc3)cc2c1=O. The fourth-order valence-electron chi connectivity index (χ4n) is 3.04. The lowest BCUT2D eigenvalue weighted by atomic mass is 10.1. The fourth-order valence-corrected chi connectivity index (χ4v) is 3.17. The Kier molecular flexibility index (Phi) is 4.90. The summed E-state index contributed by atoms with van der Waals surface area (Å²) in [5, 5.41) is 1.12. The van der Waals surface area contributed by atoms with Gasteiger partial charge in [0, 0.05) is 41.1 Å². The van der Waals surface area contributed by atoms with Gasteiger partial charge in [0.25, 0.3) is 5.56 Å². The van der Waals surface area contributed by atoms with Crippen molar-refractivity contribution in [2.75, 3.05) is 6.54 Å². The average Bonchev–Trinajstić information content (AvgIpc) is 2.74. The van der Waals surface area contributed by atoms with Gasteiger partial charge in [0.15, 0.2) is 0 Å². The van der Waals surface area contributed by atoms with Gasteiger partial charge < -0.3 is 5.73 Å². The van der Waals surface area contributed by atoms with Crippen LogP contribution in [0, 0.1) is 0 Å². The van der Waals surface area contributed by atoms with Crippen molar-refractivity contribution in [2.45, 2.75) is 13.0 Å². The molecular formula is C21H18ClN5O. The molecule has 0 aliphatic carbocycles. The quantitative estimate of drug-likeness (QED) is 0.573. The van der Waals surface area contributed by atoms with Crippen LogP contribution in [-0.4, -0.2) is 26.1 Å². The molecule has 2 N–H and O–H groups in total. The zero-order valence-corrected chi connectivity index (χ0v) is 16.0. The summed E-state index contributed by atoms with van der Waals surface area (Å²) < 4.78 is 1.56. The highest BCUT2D eigenvalue weighted by Crippen LogP contribution is 2.29. The van der Waals surface area contributed by atoms with Crippen molar-refractivity contribution in [3.8, 4) is 22.5 Å². The molecule has 0 aliphatic heterocycles. The Morgan fingerprint density at radius 3 is 2.64 bits per heavy atom. The van der Waals surface area contributed by atoms with Crippen molar-refractivity contribution in [2.24, 2.45) is 5.73 Å². The highest BCUT2D eigenvalue weighted by atomic mass is 35.5. The molecule has 7 heteroatoms. The van der Waals surface area contributed by atoms with Crippen molar-refractivity contribution in [3.05, 3.63) is 76.6 Å². The van der Waals surface area contributed by atoms with Gasteiger partial charge >= 0.3 is 0 Å². The number of hydrogen-bond acceptors (Lipinski definition) is 5. The number of nitrogens with two attached hydrogens (primary N) is 1. The van der Waals surface area contributed by atoms with Crippen LogP contribution in [0.2, 0.25) is 5.02 Å². The molecule has 1 aromatic carbocycles. The molecule has 3 heterocycles. The van der Waals surface area contributed by atoms with E-state index in [9.17, 15) is 4.79 Å². The van der Waals surface area contributed by atoms with Gasteiger partial charge in [0.2, 0.25) is 0 Å². The molecule has 0 bridgehead atoms. The lowest BCUT2D eigenvalue weighted by molar-refractivity contribution is 0.536. The van der Waals surface area contributed by atoms with Gasteiger partial charge in [-0.05, 0) is 37.3 Å². The molecule has 0 radical (unpaired) electrons. The topological polar surface area (TPSA) is 86.7 Å². The van der Waals surface area contributed by atoms with E-state index in [1.807, 2.05) is 31.2 Å². The molecule has 1 atom stereocenters. The lowest BCUT2D eigenvalue weighted by Gasteiger charge is -2.15. The van der Waals surface area contributed by atoms with E-state index in [-0.39, 0.29) is 11.6 Å². The first-order valence-electron chi connectivity index (χ1n) is 8.87. The Balaban J connectivity index is 2.04. The average molecular weight is 392 g/mol. The maximum absolute atomic E-state index is 13.2. The number of nitrogens with zero attached hydrogens (tertiary/aromatic N) is 4. The van der Waals surface area contributed by atoms with Gasteiger partial charge in [-0.3, -0.25) is 14.3 Å². The molecule has 0 aliphatic rings. The minimum absolute atomic E-state index is 0.147. The number of aromatic nitrogens is 4. The number of fused-ring (bicyclic) bond motifs is 1. The van der Waals surface area contributed by atoms with Gasteiger partial charge in [-0.25, -0.2) is 9.97 Å². The van der Waals surface area contributed by atoms with E-state index >= 15 is 0 Å². The molecule has 0 spiro atoms. The molecule has 140 valence electrons. The van der Waals surface area contributed by atoms with Crippen molar-refractivity contribution in [1.82, 2.24) is 19.5 Å². The zero-order chi connectivity index (χ0) is 19.7. The third kappa shape index (κ3) is 3.28. The molecule has 4 rings (SSSR count). The molecule has 0 fully saturated rings. The molecule has 1 unspecified atom stereocenters. The van der Waals surface area contributed by atoms with E-state index < -0.39 is 0 Å². The maximum atomic E-state index is 13.2. The molecule has 0 saturated heterocycles. The van der Waals surface area contributed by atoms with Crippen molar-refractivity contribution < 1.29 is 0 Å². The number of hydrogen-bond donors (Lipinski definition) is 1. The van der Waals surface area contributed by atoms with Crippen LogP contribution in [0.3, 0.4) is 0 Å². The summed E-state index contributed by atoms with van der Waals surface area (Å²) in [6.45, 7) is 2.23. The Bertz CT molecular complexity index is 1190. The van der Waals surface area contributed by atoms with E-state index in [0.717, 1.165) is 11.1 Å².